The fraction of sp³-hybridized carbons (Fsp3) is 0.333. The molecule has 0 amide bonds. The van der Waals surface area contributed by atoms with Crippen molar-refractivity contribution in [1.82, 2.24) is 19.7 Å². The molecule has 0 saturated heterocycles. The number of benzene rings is 1. The van der Waals surface area contributed by atoms with Crippen molar-refractivity contribution in [1.29, 1.82) is 0 Å². The maximum Gasteiger partial charge on any atom is 0.333 e. The van der Waals surface area contributed by atoms with Crippen LogP contribution >= 0.6 is 27.5 Å². The van der Waals surface area contributed by atoms with E-state index in [0.717, 1.165) is 10.0 Å². The average Bonchev–Trinajstić information content (AvgIpc) is 3.33. The van der Waals surface area contributed by atoms with Crippen LogP contribution in [0, 0.1) is 5.92 Å². The van der Waals surface area contributed by atoms with Crippen LogP contribution in [-0.4, -0.2) is 57.8 Å². The molecule has 0 aliphatic heterocycles. The second-order valence-electron chi connectivity index (χ2n) is 8.18. The minimum absolute atomic E-state index is 0.0606. The molecular formula is C21H22BrClN6O5S. The largest absolute Gasteiger partial charge is 0.393 e. The van der Waals surface area contributed by atoms with Crippen molar-refractivity contribution >= 4 is 49.4 Å². The third-order valence-electron chi connectivity index (χ3n) is 5.57. The van der Waals surface area contributed by atoms with E-state index in [9.17, 15) is 18.3 Å². The predicted octanol–water partition coefficient (Wildman–Crippen LogP) is 2.14. The zero-order chi connectivity index (χ0) is 25.2. The van der Waals surface area contributed by atoms with Crippen molar-refractivity contribution in [3.8, 4) is 0 Å². The molecule has 1 saturated carbocycles. The Morgan fingerprint density at radius 3 is 2.91 bits per heavy atom. The Kier molecular flexibility index (Phi) is 7.83. The van der Waals surface area contributed by atoms with Crippen molar-refractivity contribution in [2.24, 2.45) is 11.1 Å². The van der Waals surface area contributed by atoms with Crippen LogP contribution in [0.2, 0.25) is 5.02 Å². The fourth-order valence-electron chi connectivity index (χ4n) is 3.97. The number of hydrogen-bond donors (Lipinski definition) is 3. The highest BCUT2D eigenvalue weighted by molar-refractivity contribution is 9.10. The van der Waals surface area contributed by atoms with Gasteiger partial charge >= 0.3 is 10.3 Å². The Bertz CT molecular complexity index is 1340. The first-order valence-electron chi connectivity index (χ1n) is 10.5. The molecular weight excluding hydrogens is 564 g/mol. The second-order valence-corrected chi connectivity index (χ2v) is 10.7. The van der Waals surface area contributed by atoms with Crippen molar-refractivity contribution in [2.75, 3.05) is 11.9 Å². The Labute approximate surface area is 215 Å². The first-order chi connectivity index (χ1) is 16.6. The molecule has 14 heteroatoms. The summed E-state index contributed by atoms with van der Waals surface area (Å²) in [4.78, 5) is 21.4. The molecule has 1 fully saturated rings. The summed E-state index contributed by atoms with van der Waals surface area (Å²) >= 11 is 9.77. The van der Waals surface area contributed by atoms with Gasteiger partial charge in [-0.15, -0.1) is 0 Å². The van der Waals surface area contributed by atoms with Gasteiger partial charge in [-0.1, -0.05) is 39.7 Å². The SMILES string of the molecule is NS(=O)(=O)OC[C@H]1C[C@@H](Nc2ncncc2C(=O)c2nn(Cc3cccc(Br)c3)cc2Cl)C[C@@H]1O. The van der Waals surface area contributed by atoms with Crippen molar-refractivity contribution < 1.29 is 22.5 Å². The zero-order valence-corrected chi connectivity index (χ0v) is 21.4. The lowest BCUT2D eigenvalue weighted by Gasteiger charge is -2.15. The molecule has 11 nitrogen and oxygen atoms in total. The average molecular weight is 586 g/mol. The summed E-state index contributed by atoms with van der Waals surface area (Å²) in [6.45, 7) is 0.184. The van der Waals surface area contributed by atoms with Gasteiger partial charge in [-0.25, -0.2) is 15.1 Å². The number of halogens is 2. The highest BCUT2D eigenvalue weighted by Gasteiger charge is 2.35. The normalized spacial score (nSPS) is 20.2. The van der Waals surface area contributed by atoms with E-state index in [1.54, 1.807) is 10.9 Å². The smallest absolute Gasteiger partial charge is 0.333 e. The molecule has 186 valence electrons. The number of aliphatic hydroxyl groups is 1. The number of anilines is 1. The number of aromatic nitrogens is 4. The summed E-state index contributed by atoms with van der Waals surface area (Å²) in [6.07, 6.45) is 4.12. The van der Waals surface area contributed by atoms with E-state index in [1.807, 2.05) is 24.3 Å². The van der Waals surface area contributed by atoms with Crippen LogP contribution in [0.1, 0.15) is 34.5 Å². The van der Waals surface area contributed by atoms with Gasteiger partial charge in [0.1, 0.15) is 12.1 Å². The number of nitrogens with one attached hydrogen (secondary N) is 1. The Balaban J connectivity index is 1.48. The summed E-state index contributed by atoms with van der Waals surface area (Å²) in [7, 11) is -4.10. The highest BCUT2D eigenvalue weighted by Crippen LogP contribution is 2.30. The number of rotatable bonds is 9. The molecule has 2 heterocycles. The molecule has 1 aliphatic carbocycles. The Hall–Kier alpha value is -2.42. The van der Waals surface area contributed by atoms with Crippen molar-refractivity contribution in [3.05, 3.63) is 69.3 Å². The minimum atomic E-state index is -4.10. The summed E-state index contributed by atoms with van der Waals surface area (Å²) in [5.74, 6) is -0.651. The number of ketones is 1. The van der Waals surface area contributed by atoms with Gasteiger partial charge < -0.3 is 10.4 Å². The number of carbonyl (C=O) groups excluding carboxylic acids is 1. The maximum absolute atomic E-state index is 13.3. The predicted molar refractivity (Wildman–Crippen MR) is 131 cm³/mol. The van der Waals surface area contributed by atoms with Crippen LogP contribution in [0.25, 0.3) is 0 Å². The number of aliphatic hydroxyl groups excluding tert-OH is 1. The maximum atomic E-state index is 13.3. The second kappa shape index (κ2) is 10.7. The van der Waals surface area contributed by atoms with Gasteiger partial charge in [0.05, 0.1) is 29.8 Å². The summed E-state index contributed by atoms with van der Waals surface area (Å²) in [5, 5.41) is 22.8. The number of nitrogens with two attached hydrogens (primary N) is 1. The van der Waals surface area contributed by atoms with Crippen LogP contribution in [0.15, 0.2) is 47.5 Å². The number of nitrogens with zero attached hydrogens (tertiary/aromatic N) is 4. The quantitative estimate of drug-likeness (QED) is 0.319. The lowest BCUT2D eigenvalue weighted by molar-refractivity contribution is 0.101. The first-order valence-corrected chi connectivity index (χ1v) is 13.2. The highest BCUT2D eigenvalue weighted by atomic mass is 79.9. The third-order valence-corrected chi connectivity index (χ3v) is 6.80. The molecule has 2 aromatic heterocycles. The van der Waals surface area contributed by atoms with Crippen LogP contribution in [0.5, 0.6) is 0 Å². The fourth-order valence-corrected chi connectivity index (χ4v) is 5.02. The molecule has 3 atom stereocenters. The Morgan fingerprint density at radius 1 is 1.37 bits per heavy atom. The van der Waals surface area contributed by atoms with Crippen LogP contribution in [0.4, 0.5) is 5.82 Å². The van der Waals surface area contributed by atoms with E-state index in [-0.39, 0.29) is 34.7 Å². The van der Waals surface area contributed by atoms with E-state index in [1.165, 1.54) is 12.5 Å². The molecule has 35 heavy (non-hydrogen) atoms. The topological polar surface area (TPSA) is 162 Å². The molecule has 0 bridgehead atoms. The van der Waals surface area contributed by atoms with Crippen LogP contribution in [-0.2, 0) is 21.0 Å². The minimum Gasteiger partial charge on any atom is -0.393 e. The van der Waals surface area contributed by atoms with Gasteiger partial charge in [0.25, 0.3) is 0 Å². The summed E-state index contributed by atoms with van der Waals surface area (Å²) < 4.78 is 29.2. The number of carbonyl (C=O) groups is 1. The van der Waals surface area contributed by atoms with Crippen molar-refractivity contribution in [3.63, 3.8) is 0 Å². The Morgan fingerprint density at radius 2 is 2.17 bits per heavy atom. The van der Waals surface area contributed by atoms with Crippen molar-refractivity contribution in [2.45, 2.75) is 31.5 Å². The van der Waals surface area contributed by atoms with Crippen LogP contribution in [0.3, 0.4) is 0 Å². The molecule has 4 rings (SSSR count). The van der Waals surface area contributed by atoms with E-state index >= 15 is 0 Å². The number of hydrogen-bond acceptors (Lipinski definition) is 9. The van der Waals surface area contributed by atoms with Gasteiger partial charge in [-0.2, -0.15) is 13.5 Å². The lowest BCUT2D eigenvalue weighted by Crippen LogP contribution is -2.24. The zero-order valence-electron chi connectivity index (χ0n) is 18.2. The van der Waals surface area contributed by atoms with E-state index in [0.29, 0.717) is 19.4 Å². The standard InChI is InChI=1S/C21H22BrClN6O5S/c22-14-3-1-2-12(4-14)8-29-9-17(23)19(28-29)20(31)16-7-25-11-26-21(16)27-15-5-13(18(30)6-15)10-34-35(24,32)33/h1-4,7,9,11,13,15,18,30H,5-6,8,10H2,(H2,24,32,33)(H,25,26,27)/t13-,15-,18+/m1/s1. The molecule has 1 aliphatic rings. The van der Waals surface area contributed by atoms with Crippen LogP contribution < -0.4 is 10.5 Å². The summed E-state index contributed by atoms with van der Waals surface area (Å²) in [5.41, 5.74) is 1.20. The molecule has 1 aromatic carbocycles. The monoisotopic (exact) mass is 584 g/mol. The lowest BCUT2D eigenvalue weighted by atomic mass is 10.1. The van der Waals surface area contributed by atoms with E-state index < -0.39 is 28.1 Å². The molecule has 0 radical (unpaired) electrons. The van der Waals surface area contributed by atoms with Gasteiger partial charge in [0.15, 0.2) is 5.69 Å². The third kappa shape index (κ3) is 6.63. The van der Waals surface area contributed by atoms with E-state index in [2.05, 4.69) is 40.5 Å². The van der Waals surface area contributed by atoms with Gasteiger partial charge in [-0.05, 0) is 30.5 Å². The van der Waals surface area contributed by atoms with Gasteiger partial charge in [0.2, 0.25) is 5.78 Å². The molecule has 4 N–H and O–H groups in total. The molecule has 3 aromatic rings. The van der Waals surface area contributed by atoms with E-state index in [4.69, 9.17) is 16.7 Å². The first kappa shape index (κ1) is 25.7. The molecule has 0 spiro atoms. The summed E-state index contributed by atoms with van der Waals surface area (Å²) in [6, 6.07) is 7.41. The van der Waals surface area contributed by atoms with Gasteiger partial charge in [0, 0.05) is 28.8 Å². The van der Waals surface area contributed by atoms with Gasteiger partial charge in [-0.3, -0.25) is 13.7 Å². The molecule has 0 unspecified atom stereocenters.